The molecule has 0 spiro atoms. The molecular weight excluding hydrogens is 316 g/mol. The molecule has 0 aliphatic rings. The molecule has 1 aromatic rings. The number of azide groups is 1. The van der Waals surface area contributed by atoms with Gasteiger partial charge in [-0.05, 0) is 18.4 Å². The molecule has 0 bridgehead atoms. The highest BCUT2D eigenvalue weighted by Crippen LogP contribution is 2.08. The number of Topliss-reactive ketones (excluding diaryl/α,β-unsaturated/α-hetero) is 1. The first-order chi connectivity index (χ1) is 11.0. The molecule has 1 aromatic carbocycles. The second-order valence-corrected chi connectivity index (χ2v) is 5.30. The highest BCUT2D eigenvalue weighted by atomic mass is 32.1. The van der Waals surface area contributed by atoms with Crippen molar-refractivity contribution in [1.29, 1.82) is 0 Å². The maximum absolute atomic E-state index is 12.1. The SMILES string of the molecule is [N-]=[N+]=NCCCCC(=O)N[C@@H](CC(=O)c1ccccc1)C(=O)S. The Morgan fingerprint density at radius 1 is 1.22 bits per heavy atom. The molecule has 1 N–H and O–H groups in total. The second kappa shape index (κ2) is 10.4. The Hall–Kier alpha value is -2.31. The van der Waals surface area contributed by atoms with E-state index in [0.717, 1.165) is 0 Å². The van der Waals surface area contributed by atoms with E-state index in [2.05, 4.69) is 28.0 Å². The summed E-state index contributed by atoms with van der Waals surface area (Å²) in [7, 11) is 0. The van der Waals surface area contributed by atoms with Gasteiger partial charge in [0.2, 0.25) is 11.0 Å². The molecule has 8 heteroatoms. The van der Waals surface area contributed by atoms with Crippen molar-refractivity contribution >= 4 is 29.4 Å². The fourth-order valence-electron chi connectivity index (χ4n) is 1.91. The molecule has 0 heterocycles. The summed E-state index contributed by atoms with van der Waals surface area (Å²) in [4.78, 5) is 38.0. The number of amides is 1. The Morgan fingerprint density at radius 3 is 2.52 bits per heavy atom. The average Bonchev–Trinajstić information content (AvgIpc) is 2.54. The lowest BCUT2D eigenvalue weighted by atomic mass is 10.0. The minimum atomic E-state index is -0.948. The average molecular weight is 334 g/mol. The fraction of sp³-hybridized carbons (Fsp3) is 0.400. The number of hydrogen-bond donors (Lipinski definition) is 2. The molecule has 1 rings (SSSR count). The third-order valence-corrected chi connectivity index (χ3v) is 3.41. The normalized spacial score (nSPS) is 11.2. The van der Waals surface area contributed by atoms with E-state index in [-0.39, 0.29) is 24.5 Å². The lowest BCUT2D eigenvalue weighted by Gasteiger charge is -2.14. The van der Waals surface area contributed by atoms with Gasteiger partial charge in [0.1, 0.15) is 6.04 Å². The zero-order valence-corrected chi connectivity index (χ0v) is 13.4. The van der Waals surface area contributed by atoms with Gasteiger partial charge >= 0.3 is 0 Å². The van der Waals surface area contributed by atoms with Gasteiger partial charge in [-0.3, -0.25) is 14.4 Å². The van der Waals surface area contributed by atoms with Crippen LogP contribution in [0.15, 0.2) is 35.4 Å². The van der Waals surface area contributed by atoms with Crippen molar-refractivity contribution in [1.82, 2.24) is 5.32 Å². The van der Waals surface area contributed by atoms with Gasteiger partial charge < -0.3 is 5.32 Å². The Morgan fingerprint density at radius 2 is 1.91 bits per heavy atom. The molecule has 0 fully saturated rings. The Bertz CT molecular complexity index is 600. The number of ketones is 1. The maximum Gasteiger partial charge on any atom is 0.220 e. The number of benzene rings is 1. The first kappa shape index (κ1) is 18.7. The molecule has 1 amide bonds. The minimum Gasteiger partial charge on any atom is -0.345 e. The summed E-state index contributed by atoms with van der Waals surface area (Å²) < 4.78 is 0. The van der Waals surface area contributed by atoms with E-state index in [0.29, 0.717) is 24.9 Å². The largest absolute Gasteiger partial charge is 0.345 e. The molecule has 0 unspecified atom stereocenters. The number of rotatable bonds is 10. The van der Waals surface area contributed by atoms with Gasteiger partial charge in [-0.1, -0.05) is 35.4 Å². The fourth-order valence-corrected chi connectivity index (χ4v) is 2.06. The molecule has 7 nitrogen and oxygen atoms in total. The van der Waals surface area contributed by atoms with Gasteiger partial charge in [-0.25, -0.2) is 0 Å². The molecule has 122 valence electrons. The van der Waals surface area contributed by atoms with E-state index >= 15 is 0 Å². The lowest BCUT2D eigenvalue weighted by Crippen LogP contribution is -2.40. The molecule has 0 aliphatic heterocycles. The van der Waals surface area contributed by atoms with E-state index in [9.17, 15) is 14.4 Å². The molecule has 0 saturated heterocycles. The van der Waals surface area contributed by atoms with Crippen molar-refractivity contribution in [3.05, 3.63) is 46.3 Å². The first-order valence-electron chi connectivity index (χ1n) is 7.16. The highest BCUT2D eigenvalue weighted by Gasteiger charge is 2.21. The van der Waals surface area contributed by atoms with Crippen LogP contribution in [0.1, 0.15) is 36.0 Å². The van der Waals surface area contributed by atoms with Crippen LogP contribution in [-0.4, -0.2) is 29.4 Å². The van der Waals surface area contributed by atoms with E-state index in [1.165, 1.54) is 0 Å². The Labute approximate surface area is 139 Å². The molecule has 0 aromatic heterocycles. The summed E-state index contributed by atoms with van der Waals surface area (Å²) in [5.41, 5.74) is 8.62. The summed E-state index contributed by atoms with van der Waals surface area (Å²) in [6.07, 6.45) is 1.18. The maximum atomic E-state index is 12.1. The van der Waals surface area contributed by atoms with Crippen LogP contribution in [0.3, 0.4) is 0 Å². The molecule has 1 atom stereocenters. The van der Waals surface area contributed by atoms with Crippen LogP contribution < -0.4 is 5.32 Å². The summed E-state index contributed by atoms with van der Waals surface area (Å²) in [6.45, 7) is 0.325. The number of nitrogens with one attached hydrogen (secondary N) is 1. The second-order valence-electron chi connectivity index (χ2n) is 4.86. The van der Waals surface area contributed by atoms with Crippen molar-refractivity contribution in [2.24, 2.45) is 5.11 Å². The standard InChI is InChI=1S/C15H18N4O3S/c16-19-17-9-5-4-8-14(21)18-12(15(22)23)10-13(20)11-6-2-1-3-7-11/h1-3,6-7,12H,4-5,8-10H2,(H,18,21)(H,22,23)/t12-/m0/s1. The van der Waals surface area contributed by atoms with Crippen LogP contribution in [0.4, 0.5) is 0 Å². The molecule has 0 aliphatic carbocycles. The van der Waals surface area contributed by atoms with Crippen LogP contribution in [0, 0.1) is 0 Å². The van der Waals surface area contributed by atoms with Gasteiger partial charge in [0.15, 0.2) is 5.78 Å². The summed E-state index contributed by atoms with van der Waals surface area (Å²) >= 11 is 3.73. The van der Waals surface area contributed by atoms with Crippen molar-refractivity contribution in [2.75, 3.05) is 6.54 Å². The highest BCUT2D eigenvalue weighted by molar-refractivity contribution is 7.96. The van der Waals surface area contributed by atoms with Crippen LogP contribution in [0.25, 0.3) is 10.4 Å². The van der Waals surface area contributed by atoms with E-state index in [1.807, 2.05) is 0 Å². The van der Waals surface area contributed by atoms with Crippen LogP contribution in [-0.2, 0) is 9.59 Å². The zero-order valence-electron chi connectivity index (χ0n) is 12.5. The van der Waals surface area contributed by atoms with Crippen molar-refractivity contribution in [2.45, 2.75) is 31.7 Å². The zero-order chi connectivity index (χ0) is 17.1. The Kier molecular flexibility index (Phi) is 8.49. The van der Waals surface area contributed by atoms with E-state index < -0.39 is 11.2 Å². The van der Waals surface area contributed by atoms with E-state index in [4.69, 9.17) is 5.53 Å². The third-order valence-electron chi connectivity index (χ3n) is 3.09. The monoisotopic (exact) mass is 334 g/mol. The van der Waals surface area contributed by atoms with Crippen LogP contribution in [0.5, 0.6) is 0 Å². The number of thiol groups is 1. The third kappa shape index (κ3) is 7.49. The molecular formula is C15H18N4O3S. The van der Waals surface area contributed by atoms with Crippen LogP contribution >= 0.6 is 12.6 Å². The number of nitrogens with zero attached hydrogens (tertiary/aromatic N) is 3. The Balaban J connectivity index is 2.48. The van der Waals surface area contributed by atoms with Gasteiger partial charge in [-0.15, -0.1) is 12.6 Å². The number of hydrogen-bond acceptors (Lipinski definition) is 4. The summed E-state index contributed by atoms with van der Waals surface area (Å²) in [6, 6.07) is 7.60. The first-order valence-corrected chi connectivity index (χ1v) is 7.60. The van der Waals surface area contributed by atoms with Gasteiger partial charge in [-0.2, -0.15) is 0 Å². The lowest BCUT2D eigenvalue weighted by molar-refractivity contribution is -0.124. The van der Waals surface area contributed by atoms with Gasteiger partial charge in [0.25, 0.3) is 0 Å². The minimum absolute atomic E-state index is 0.128. The molecule has 23 heavy (non-hydrogen) atoms. The van der Waals surface area contributed by atoms with Crippen molar-refractivity contribution in [3.8, 4) is 0 Å². The summed E-state index contributed by atoms with van der Waals surface area (Å²) in [5.74, 6) is -0.569. The van der Waals surface area contributed by atoms with Gasteiger partial charge in [0.05, 0.1) is 0 Å². The number of carbonyl (C=O) groups is 3. The predicted octanol–water partition coefficient (Wildman–Crippen LogP) is 2.68. The number of unbranched alkanes of at least 4 members (excludes halogenated alkanes) is 1. The number of carbonyl (C=O) groups excluding carboxylic acids is 3. The topological polar surface area (TPSA) is 112 Å². The quantitative estimate of drug-likeness (QED) is 0.171. The van der Waals surface area contributed by atoms with E-state index in [1.54, 1.807) is 30.3 Å². The predicted molar refractivity (Wildman–Crippen MR) is 89.2 cm³/mol. The van der Waals surface area contributed by atoms with Gasteiger partial charge in [0, 0.05) is 29.9 Å². The molecule has 0 saturated carbocycles. The van der Waals surface area contributed by atoms with Crippen molar-refractivity contribution < 1.29 is 14.4 Å². The smallest absolute Gasteiger partial charge is 0.220 e. The van der Waals surface area contributed by atoms with Crippen molar-refractivity contribution in [3.63, 3.8) is 0 Å². The van der Waals surface area contributed by atoms with Crippen LogP contribution in [0.2, 0.25) is 0 Å². The summed E-state index contributed by atoms with van der Waals surface area (Å²) in [5, 5.41) is 5.33. The molecule has 0 radical (unpaired) electrons.